The van der Waals surface area contributed by atoms with Crippen LogP contribution in [-0.2, 0) is 24.4 Å². The van der Waals surface area contributed by atoms with Crippen LogP contribution < -0.4 is 24.8 Å². The average Bonchev–Trinajstić information content (AvgIpc) is 3.98. The number of carbonyl (C=O) groups excluding carboxylic acids is 3. The first-order valence-electron chi connectivity index (χ1n) is 18.2. The Balaban J connectivity index is 1.33. The molecule has 1 aromatic heterocycles. The number of pyridine rings is 1. The molecule has 2 saturated carbocycles. The minimum absolute atomic E-state index is 0.0147. The third-order valence-electron chi connectivity index (χ3n) is 11.0. The number of carboxylic acid groups (broad SMARTS) is 1. The van der Waals surface area contributed by atoms with Crippen molar-refractivity contribution in [3.63, 3.8) is 0 Å². The molecule has 0 bridgehead atoms. The normalized spacial score (nSPS) is 30.2. The molecule has 4 amide bonds. The van der Waals surface area contributed by atoms with Gasteiger partial charge in [0.1, 0.15) is 29.5 Å². The van der Waals surface area contributed by atoms with E-state index in [0.29, 0.717) is 43.4 Å². The van der Waals surface area contributed by atoms with Gasteiger partial charge in [0.15, 0.2) is 0 Å². The number of hydrogen-bond acceptors (Lipinski definition) is 9. The molecule has 1 aromatic carbocycles. The van der Waals surface area contributed by atoms with Gasteiger partial charge in [-0.3, -0.25) is 19.1 Å². The summed E-state index contributed by atoms with van der Waals surface area (Å²) in [5.74, 6) is -1.92. The number of allylic oxidation sites excluding steroid dienone is 1. The first kappa shape index (κ1) is 37.4. The highest BCUT2D eigenvalue weighted by Crippen LogP contribution is 2.47. The van der Waals surface area contributed by atoms with Crippen molar-refractivity contribution in [2.45, 2.75) is 108 Å². The molecule has 1 saturated heterocycles. The highest BCUT2D eigenvalue weighted by molar-refractivity contribution is 7.91. The van der Waals surface area contributed by atoms with Crippen LogP contribution in [0.1, 0.15) is 79.1 Å². The number of nitrogens with zero attached hydrogens (tertiary/aromatic N) is 2. The van der Waals surface area contributed by atoms with E-state index in [2.05, 4.69) is 20.3 Å². The van der Waals surface area contributed by atoms with Gasteiger partial charge in [0, 0.05) is 23.1 Å². The number of nitrogens with one attached hydrogen (secondary N) is 3. The van der Waals surface area contributed by atoms with E-state index in [-0.39, 0.29) is 31.2 Å². The number of rotatable bonds is 9. The van der Waals surface area contributed by atoms with Crippen LogP contribution in [0, 0.1) is 17.8 Å². The van der Waals surface area contributed by atoms with Crippen LogP contribution in [0.15, 0.2) is 42.6 Å². The Morgan fingerprint density at radius 3 is 2.56 bits per heavy atom. The van der Waals surface area contributed by atoms with Crippen molar-refractivity contribution in [2.24, 2.45) is 17.8 Å². The van der Waals surface area contributed by atoms with Crippen LogP contribution in [0.5, 0.6) is 11.6 Å². The molecule has 0 radical (unpaired) electrons. The molecule has 3 heterocycles. The van der Waals surface area contributed by atoms with Gasteiger partial charge < -0.3 is 30.1 Å². The first-order chi connectivity index (χ1) is 24.7. The topological polar surface area (TPSA) is 193 Å². The molecular weight excluding hydrogens is 691 g/mol. The lowest BCUT2D eigenvalue weighted by molar-refractivity contribution is -0.142. The van der Waals surface area contributed by atoms with Crippen LogP contribution in [0.25, 0.3) is 10.8 Å². The van der Waals surface area contributed by atoms with Crippen molar-refractivity contribution in [1.29, 1.82) is 0 Å². The van der Waals surface area contributed by atoms with Gasteiger partial charge in [0.25, 0.3) is 5.91 Å². The summed E-state index contributed by atoms with van der Waals surface area (Å²) in [6.45, 7) is 7.88. The maximum absolute atomic E-state index is 14.4. The molecule has 7 atom stereocenters. The van der Waals surface area contributed by atoms with Gasteiger partial charge in [0.2, 0.25) is 27.7 Å². The van der Waals surface area contributed by atoms with Crippen LogP contribution in [0.2, 0.25) is 0 Å². The second-order valence-electron chi connectivity index (χ2n) is 15.2. The number of carbonyl (C=O) groups is 4. The van der Waals surface area contributed by atoms with E-state index in [1.807, 2.05) is 57.2 Å². The second-order valence-corrected chi connectivity index (χ2v) is 17.4. The molecule has 15 heteroatoms. The van der Waals surface area contributed by atoms with Gasteiger partial charge in [0.05, 0.1) is 24.1 Å². The van der Waals surface area contributed by atoms with Gasteiger partial charge in [-0.15, -0.1) is 0 Å². The first-order valence-corrected chi connectivity index (χ1v) is 19.7. The Labute approximate surface area is 304 Å². The summed E-state index contributed by atoms with van der Waals surface area (Å²) >= 11 is 0. The summed E-state index contributed by atoms with van der Waals surface area (Å²) in [5.41, 5.74) is -1.54. The van der Waals surface area contributed by atoms with Gasteiger partial charge >= 0.3 is 6.09 Å². The lowest BCUT2D eigenvalue weighted by atomic mass is 9.88. The Morgan fingerprint density at radius 2 is 1.87 bits per heavy atom. The minimum Gasteiger partial charge on any atom is -0.491 e. The SMILES string of the molecule is CCCOc1cnc(O[C@@H]2C[C@H]3C(=O)N[C@]4(C(=O)NS(=O)(=O)C5(C)CC5)C[C@H]4C=CCC[C@@H](C)C[C@@H](C)[C@H](NC(=O)O)C(=O)N3C2)c2ccccc12. The van der Waals surface area contributed by atoms with E-state index in [1.165, 1.54) is 4.90 Å². The molecule has 14 nitrogen and oxygen atoms in total. The summed E-state index contributed by atoms with van der Waals surface area (Å²) in [5, 5.41) is 16.5. The van der Waals surface area contributed by atoms with Crippen molar-refractivity contribution < 1.29 is 42.2 Å². The van der Waals surface area contributed by atoms with Crippen molar-refractivity contribution in [1.82, 2.24) is 25.2 Å². The molecule has 4 aliphatic rings. The van der Waals surface area contributed by atoms with Crippen LogP contribution >= 0.6 is 0 Å². The number of benzene rings is 1. The molecular formula is C37H49N5O9S. The van der Waals surface area contributed by atoms with E-state index < -0.39 is 74.1 Å². The predicted molar refractivity (Wildman–Crippen MR) is 192 cm³/mol. The van der Waals surface area contributed by atoms with Crippen LogP contribution in [-0.4, -0.2) is 88.8 Å². The Hall–Kier alpha value is -4.40. The lowest BCUT2D eigenvalue weighted by Gasteiger charge is -2.32. The van der Waals surface area contributed by atoms with Crippen LogP contribution in [0.4, 0.5) is 4.79 Å². The van der Waals surface area contributed by atoms with Crippen molar-refractivity contribution in [3.05, 3.63) is 42.6 Å². The van der Waals surface area contributed by atoms with Crippen molar-refractivity contribution in [2.75, 3.05) is 13.2 Å². The molecule has 282 valence electrons. The van der Waals surface area contributed by atoms with E-state index in [1.54, 1.807) is 13.1 Å². The number of fused-ring (bicyclic) bond motifs is 3. The van der Waals surface area contributed by atoms with Gasteiger partial charge in [-0.05, 0) is 69.8 Å². The highest BCUT2D eigenvalue weighted by atomic mass is 32.2. The lowest BCUT2D eigenvalue weighted by Crippen LogP contribution is -2.59. The van der Waals surface area contributed by atoms with E-state index >= 15 is 0 Å². The fraction of sp³-hybridized carbons (Fsp3) is 0.595. The fourth-order valence-electron chi connectivity index (χ4n) is 7.45. The minimum atomic E-state index is -4.00. The quantitative estimate of drug-likeness (QED) is 0.274. The third-order valence-corrected chi connectivity index (χ3v) is 13.1. The maximum atomic E-state index is 14.4. The molecule has 52 heavy (non-hydrogen) atoms. The monoisotopic (exact) mass is 739 g/mol. The number of hydrogen-bond donors (Lipinski definition) is 4. The summed E-state index contributed by atoms with van der Waals surface area (Å²) in [6.07, 6.45) is 7.08. The zero-order chi connectivity index (χ0) is 37.4. The summed E-state index contributed by atoms with van der Waals surface area (Å²) < 4.78 is 39.7. The Kier molecular flexibility index (Phi) is 10.5. The van der Waals surface area contributed by atoms with Gasteiger partial charge in [-0.25, -0.2) is 18.2 Å². The molecule has 3 fully saturated rings. The molecule has 2 aliphatic heterocycles. The van der Waals surface area contributed by atoms with E-state index in [4.69, 9.17) is 9.47 Å². The number of ether oxygens (including phenoxy) is 2. The molecule has 6 rings (SSSR count). The van der Waals surface area contributed by atoms with Crippen molar-refractivity contribution >= 4 is 44.6 Å². The fourth-order valence-corrected chi connectivity index (χ4v) is 8.76. The standard InChI is InChI=1S/C37H49N5O9S/c1-5-16-50-29-20-38-32(27-13-9-8-12-26(27)29)51-25-18-28-31(43)40-37(34(45)41-52(48,49)36(4)14-15-36)19-24(37)11-7-6-10-22(2)17-23(3)30(39-35(46)47)33(44)42(28)21-25/h7-9,11-13,20,22-25,28,30,39H,5-6,10,14-19,21H2,1-4H3,(H,40,43)(H,41,45)(H,46,47)/t22-,23-,24-,25-,28+,30+,37-/m1/s1. The number of sulfonamides is 1. The summed E-state index contributed by atoms with van der Waals surface area (Å²) in [6, 6.07) is 5.15. The molecule has 4 N–H and O–H groups in total. The maximum Gasteiger partial charge on any atom is 0.405 e. The highest BCUT2D eigenvalue weighted by Gasteiger charge is 2.63. The van der Waals surface area contributed by atoms with Gasteiger partial charge in [-0.2, -0.15) is 0 Å². The summed E-state index contributed by atoms with van der Waals surface area (Å²) in [4.78, 5) is 60.4. The average molecular weight is 740 g/mol. The second kappa shape index (κ2) is 14.6. The smallest absolute Gasteiger partial charge is 0.405 e. The zero-order valence-corrected chi connectivity index (χ0v) is 30.9. The number of aromatic nitrogens is 1. The van der Waals surface area contributed by atoms with E-state index in [9.17, 15) is 32.7 Å². The summed E-state index contributed by atoms with van der Waals surface area (Å²) in [7, 11) is -4.00. The Morgan fingerprint density at radius 1 is 1.13 bits per heavy atom. The van der Waals surface area contributed by atoms with Gasteiger partial charge in [-0.1, -0.05) is 51.1 Å². The largest absolute Gasteiger partial charge is 0.491 e. The predicted octanol–water partition coefficient (Wildman–Crippen LogP) is 3.89. The van der Waals surface area contributed by atoms with Crippen LogP contribution in [0.3, 0.4) is 0 Å². The zero-order valence-electron chi connectivity index (χ0n) is 30.1. The molecule has 0 spiro atoms. The van der Waals surface area contributed by atoms with Crippen molar-refractivity contribution in [3.8, 4) is 11.6 Å². The molecule has 0 unspecified atom stereocenters. The van der Waals surface area contributed by atoms with E-state index in [0.717, 1.165) is 18.2 Å². The molecule has 2 aliphatic carbocycles. The number of amides is 4. The Bertz CT molecular complexity index is 1860. The third kappa shape index (κ3) is 7.55. The molecule has 2 aromatic rings.